The van der Waals surface area contributed by atoms with E-state index in [1.807, 2.05) is 0 Å². The molecule has 1 aromatic carbocycles. The SMILES string of the molecule is [2H]c1c([2H])c([2H])c(C(=O)OCCCCCCCCC(C)C)c(C(=O)OCCCCCCC)c1[2H]. The molecular weight excluding hydrogens is 376 g/mol. The highest BCUT2D eigenvalue weighted by atomic mass is 16.5. The molecule has 1 aromatic rings. The zero-order valence-electron chi connectivity index (χ0n) is 23.1. The first-order chi connectivity index (χ1) is 16.2. The molecule has 0 aliphatic rings. The molecule has 0 amide bonds. The van der Waals surface area contributed by atoms with Crippen LogP contribution in [0.4, 0.5) is 0 Å². The third-order valence-corrected chi connectivity index (χ3v) is 4.99. The Labute approximate surface area is 189 Å². The maximum absolute atomic E-state index is 12.7. The summed E-state index contributed by atoms with van der Waals surface area (Å²) in [5, 5.41) is 0. The maximum atomic E-state index is 12.7. The molecule has 0 fully saturated rings. The number of benzene rings is 1. The number of rotatable bonds is 17. The van der Waals surface area contributed by atoms with Gasteiger partial charge < -0.3 is 9.47 Å². The number of carbonyl (C=O) groups excluding carboxylic acids is 2. The minimum atomic E-state index is -0.921. The van der Waals surface area contributed by atoms with Crippen molar-refractivity contribution in [3.05, 3.63) is 35.3 Å². The third-order valence-electron chi connectivity index (χ3n) is 4.99. The first-order valence-electron chi connectivity index (χ1n) is 13.7. The van der Waals surface area contributed by atoms with E-state index in [4.69, 9.17) is 15.0 Å². The largest absolute Gasteiger partial charge is 0.462 e. The molecular formula is C26H42O4. The van der Waals surface area contributed by atoms with Gasteiger partial charge in [-0.25, -0.2) is 9.59 Å². The van der Waals surface area contributed by atoms with E-state index < -0.39 is 47.2 Å². The summed E-state index contributed by atoms with van der Waals surface area (Å²) in [5.74, 6) is -1.11. The van der Waals surface area contributed by atoms with Crippen LogP contribution >= 0.6 is 0 Å². The van der Waals surface area contributed by atoms with Gasteiger partial charge in [-0.05, 0) is 30.8 Å². The van der Waals surface area contributed by atoms with Crippen molar-refractivity contribution in [2.75, 3.05) is 13.2 Å². The summed E-state index contributed by atoms with van der Waals surface area (Å²) in [4.78, 5) is 25.4. The quantitative estimate of drug-likeness (QED) is 0.194. The van der Waals surface area contributed by atoms with Crippen LogP contribution in [0.25, 0.3) is 0 Å². The Morgan fingerprint density at radius 3 is 1.67 bits per heavy atom. The lowest BCUT2D eigenvalue weighted by Gasteiger charge is -2.10. The maximum Gasteiger partial charge on any atom is 0.339 e. The van der Waals surface area contributed by atoms with Gasteiger partial charge in [0.15, 0.2) is 0 Å². The zero-order valence-corrected chi connectivity index (χ0v) is 19.1. The van der Waals surface area contributed by atoms with E-state index in [0.717, 1.165) is 50.9 Å². The summed E-state index contributed by atoms with van der Waals surface area (Å²) in [6, 6.07) is -2.31. The van der Waals surface area contributed by atoms with Gasteiger partial charge in [-0.15, -0.1) is 0 Å². The minimum absolute atomic E-state index is 0.136. The number of unbranched alkanes of at least 4 members (excludes halogenated alkanes) is 9. The Balaban J connectivity index is 2.68. The smallest absolute Gasteiger partial charge is 0.339 e. The fraction of sp³-hybridized carbons (Fsp3) is 0.692. The van der Waals surface area contributed by atoms with Crippen molar-refractivity contribution in [2.45, 2.75) is 97.8 Å². The molecule has 4 nitrogen and oxygen atoms in total. The van der Waals surface area contributed by atoms with Gasteiger partial charge in [0.25, 0.3) is 0 Å². The number of esters is 2. The molecule has 0 saturated heterocycles. The zero-order chi connectivity index (χ0) is 25.5. The highest BCUT2D eigenvalue weighted by molar-refractivity contribution is 6.03. The fourth-order valence-corrected chi connectivity index (χ4v) is 3.16. The van der Waals surface area contributed by atoms with Crippen LogP contribution in [0.1, 0.15) is 124 Å². The Morgan fingerprint density at radius 2 is 1.20 bits per heavy atom. The third kappa shape index (κ3) is 12.0. The molecule has 0 aromatic heterocycles. The number of hydrogen-bond donors (Lipinski definition) is 0. The molecule has 0 aliphatic carbocycles. The van der Waals surface area contributed by atoms with Crippen LogP contribution in [0.5, 0.6) is 0 Å². The summed E-state index contributed by atoms with van der Waals surface area (Å²) in [5.41, 5.74) is -0.898. The van der Waals surface area contributed by atoms with E-state index in [-0.39, 0.29) is 13.2 Å². The van der Waals surface area contributed by atoms with Gasteiger partial charge in [-0.3, -0.25) is 0 Å². The molecule has 1 rings (SSSR count). The molecule has 0 saturated carbocycles. The van der Waals surface area contributed by atoms with Gasteiger partial charge in [-0.2, -0.15) is 0 Å². The lowest BCUT2D eigenvalue weighted by molar-refractivity contribution is 0.0450. The average Bonchev–Trinajstić information content (AvgIpc) is 2.80. The standard InChI is InChI=1S/C26H42O4/c1-4-5-6-10-15-20-29-25(27)23-18-13-14-19-24(23)26(28)30-21-16-11-8-7-9-12-17-22(2)3/h13-14,18-19,22H,4-12,15-17,20-21H2,1-3H3/i13D,14D,18D,19D. The second-order valence-electron chi connectivity index (χ2n) is 8.24. The average molecular weight is 423 g/mol. The van der Waals surface area contributed by atoms with Crippen LogP contribution in [0, 0.1) is 5.92 Å². The Hall–Kier alpha value is -1.84. The molecule has 4 heteroatoms. The van der Waals surface area contributed by atoms with E-state index in [9.17, 15) is 9.59 Å². The number of ether oxygens (including phenoxy) is 2. The molecule has 0 unspecified atom stereocenters. The highest BCUT2D eigenvalue weighted by Crippen LogP contribution is 2.14. The topological polar surface area (TPSA) is 52.6 Å². The van der Waals surface area contributed by atoms with Gasteiger partial charge >= 0.3 is 11.9 Å². The van der Waals surface area contributed by atoms with Gasteiger partial charge in [0, 0.05) is 0 Å². The van der Waals surface area contributed by atoms with Gasteiger partial charge in [0.05, 0.1) is 29.8 Å². The van der Waals surface area contributed by atoms with Crippen molar-refractivity contribution >= 4 is 11.9 Å². The summed E-state index contributed by atoms with van der Waals surface area (Å²) in [7, 11) is 0. The summed E-state index contributed by atoms with van der Waals surface area (Å²) in [6.07, 6.45) is 12.2. The summed E-state index contributed by atoms with van der Waals surface area (Å²) >= 11 is 0. The second kappa shape index (κ2) is 16.9. The van der Waals surface area contributed by atoms with Crippen LogP contribution in [0.15, 0.2) is 24.2 Å². The van der Waals surface area contributed by atoms with E-state index >= 15 is 0 Å². The predicted octanol–water partition coefficient (Wildman–Crippen LogP) is 7.36. The van der Waals surface area contributed by atoms with Gasteiger partial charge in [0.2, 0.25) is 0 Å². The molecule has 0 aliphatic heterocycles. The van der Waals surface area contributed by atoms with Gasteiger partial charge in [0.1, 0.15) is 0 Å². The van der Waals surface area contributed by atoms with Crippen molar-refractivity contribution in [3.8, 4) is 0 Å². The number of hydrogen-bond acceptors (Lipinski definition) is 4. The lowest BCUT2D eigenvalue weighted by atomic mass is 10.0. The van der Waals surface area contributed by atoms with Crippen LogP contribution in [-0.4, -0.2) is 25.2 Å². The normalized spacial score (nSPS) is 12.8. The van der Waals surface area contributed by atoms with E-state index in [2.05, 4.69) is 20.8 Å². The number of carbonyl (C=O) groups is 2. The van der Waals surface area contributed by atoms with E-state index in [0.29, 0.717) is 12.8 Å². The van der Waals surface area contributed by atoms with Crippen LogP contribution in [-0.2, 0) is 9.47 Å². The fourth-order valence-electron chi connectivity index (χ4n) is 3.16. The first-order valence-corrected chi connectivity index (χ1v) is 11.7. The Kier molecular flexibility index (Phi) is 11.3. The van der Waals surface area contributed by atoms with E-state index in [1.165, 1.54) is 19.3 Å². The Bertz CT molecular complexity index is 781. The second-order valence-corrected chi connectivity index (χ2v) is 8.24. The molecule has 0 bridgehead atoms. The molecule has 0 N–H and O–H groups in total. The molecule has 170 valence electrons. The summed E-state index contributed by atoms with van der Waals surface area (Å²) < 4.78 is 42.5. The van der Waals surface area contributed by atoms with Crippen molar-refractivity contribution in [1.29, 1.82) is 0 Å². The van der Waals surface area contributed by atoms with E-state index in [1.54, 1.807) is 0 Å². The molecule has 0 spiro atoms. The highest BCUT2D eigenvalue weighted by Gasteiger charge is 2.18. The molecule has 0 atom stereocenters. The monoisotopic (exact) mass is 422 g/mol. The van der Waals surface area contributed by atoms with Crippen LogP contribution < -0.4 is 0 Å². The van der Waals surface area contributed by atoms with Crippen LogP contribution in [0.3, 0.4) is 0 Å². The van der Waals surface area contributed by atoms with Crippen molar-refractivity contribution in [2.24, 2.45) is 5.92 Å². The van der Waals surface area contributed by atoms with Gasteiger partial charge in [-0.1, -0.05) is 97.1 Å². The predicted molar refractivity (Wildman–Crippen MR) is 123 cm³/mol. The van der Waals surface area contributed by atoms with Crippen LogP contribution in [0.2, 0.25) is 0 Å². The lowest BCUT2D eigenvalue weighted by Crippen LogP contribution is -2.15. The summed E-state index contributed by atoms with van der Waals surface area (Å²) in [6.45, 7) is 6.83. The minimum Gasteiger partial charge on any atom is -0.462 e. The van der Waals surface area contributed by atoms with Crippen molar-refractivity contribution in [1.82, 2.24) is 0 Å². The molecule has 0 radical (unpaired) electrons. The van der Waals surface area contributed by atoms with Crippen molar-refractivity contribution in [3.63, 3.8) is 0 Å². The molecule has 30 heavy (non-hydrogen) atoms. The molecule has 0 heterocycles. The first kappa shape index (κ1) is 20.1. The van der Waals surface area contributed by atoms with Crippen molar-refractivity contribution < 1.29 is 24.5 Å². The Morgan fingerprint density at radius 1 is 0.767 bits per heavy atom.